The van der Waals surface area contributed by atoms with Gasteiger partial charge in [0.15, 0.2) is 0 Å². The van der Waals surface area contributed by atoms with Gasteiger partial charge in [0.25, 0.3) is 0 Å². The van der Waals surface area contributed by atoms with Crippen LogP contribution in [0.4, 0.5) is 18.9 Å². The molecule has 0 spiro atoms. The quantitative estimate of drug-likeness (QED) is 0.615. The van der Waals surface area contributed by atoms with Gasteiger partial charge in [0.2, 0.25) is 0 Å². The molecule has 18 heavy (non-hydrogen) atoms. The van der Waals surface area contributed by atoms with E-state index in [1.165, 1.54) is 13.0 Å². The van der Waals surface area contributed by atoms with Crippen molar-refractivity contribution in [3.8, 4) is 11.9 Å². The van der Waals surface area contributed by atoms with E-state index in [4.69, 9.17) is 5.26 Å². The van der Waals surface area contributed by atoms with Gasteiger partial charge in [-0.25, -0.2) is 4.98 Å². The van der Waals surface area contributed by atoms with Gasteiger partial charge in [-0.05, 0) is 13.0 Å². The van der Waals surface area contributed by atoms with E-state index in [1.807, 2.05) is 0 Å². The SMILES string of the molecule is Cc1cc(CC#N)c([N+](=O)[O-])c(OC(F)(F)F)n1. The van der Waals surface area contributed by atoms with Gasteiger partial charge >= 0.3 is 17.9 Å². The number of alkyl halides is 3. The molecule has 1 aromatic heterocycles. The Kier molecular flexibility index (Phi) is 3.70. The van der Waals surface area contributed by atoms with Gasteiger partial charge in [-0.2, -0.15) is 5.26 Å². The number of aromatic nitrogens is 1. The van der Waals surface area contributed by atoms with Crippen LogP contribution >= 0.6 is 0 Å². The van der Waals surface area contributed by atoms with Crippen LogP contribution in [0.3, 0.4) is 0 Å². The monoisotopic (exact) mass is 261 g/mol. The number of pyridine rings is 1. The molecule has 0 aromatic carbocycles. The highest BCUT2D eigenvalue weighted by molar-refractivity contribution is 5.50. The molecule has 0 amide bonds. The van der Waals surface area contributed by atoms with Gasteiger partial charge in [-0.3, -0.25) is 10.1 Å². The predicted octanol–water partition coefficient (Wildman–Crippen LogP) is 2.26. The zero-order chi connectivity index (χ0) is 13.9. The molecule has 0 aliphatic rings. The summed E-state index contributed by atoms with van der Waals surface area (Å²) in [6, 6.07) is 2.80. The van der Waals surface area contributed by atoms with Crippen molar-refractivity contribution in [2.24, 2.45) is 0 Å². The molecule has 0 unspecified atom stereocenters. The number of nitrogens with zero attached hydrogens (tertiary/aromatic N) is 3. The zero-order valence-electron chi connectivity index (χ0n) is 8.98. The van der Waals surface area contributed by atoms with Gasteiger partial charge in [0.05, 0.1) is 23.0 Å². The van der Waals surface area contributed by atoms with Crippen molar-refractivity contribution in [1.29, 1.82) is 5.26 Å². The third-order valence-electron chi connectivity index (χ3n) is 1.83. The number of nitro groups is 1. The van der Waals surface area contributed by atoms with Gasteiger partial charge in [-0.15, -0.1) is 13.2 Å². The number of aryl methyl sites for hydroxylation is 1. The van der Waals surface area contributed by atoms with Crippen LogP contribution in [0.25, 0.3) is 0 Å². The average molecular weight is 261 g/mol. The number of hydrogen-bond donors (Lipinski definition) is 0. The van der Waals surface area contributed by atoms with Crippen LogP contribution in [-0.2, 0) is 6.42 Å². The second-order valence-electron chi connectivity index (χ2n) is 3.22. The Hall–Kier alpha value is -2.37. The lowest BCUT2D eigenvalue weighted by atomic mass is 10.1. The van der Waals surface area contributed by atoms with Gasteiger partial charge in [-0.1, -0.05) is 0 Å². The maximum Gasteiger partial charge on any atom is 0.574 e. The molecule has 0 atom stereocenters. The standard InChI is InChI=1S/C9H6F3N3O3/c1-5-4-6(2-3-13)7(15(16)17)8(14-5)18-9(10,11)12/h4H,2H2,1H3. The molecular formula is C9H6F3N3O3. The molecule has 6 nitrogen and oxygen atoms in total. The van der Waals surface area contributed by atoms with Crippen LogP contribution < -0.4 is 4.74 Å². The van der Waals surface area contributed by atoms with Crippen molar-refractivity contribution in [2.45, 2.75) is 19.7 Å². The molecule has 0 saturated heterocycles. The van der Waals surface area contributed by atoms with E-state index in [0.29, 0.717) is 0 Å². The summed E-state index contributed by atoms with van der Waals surface area (Å²) in [6.07, 6.45) is -5.50. The minimum absolute atomic E-state index is 0.0881. The lowest BCUT2D eigenvalue weighted by molar-refractivity contribution is -0.389. The number of ether oxygens (including phenoxy) is 1. The van der Waals surface area contributed by atoms with Crippen molar-refractivity contribution in [1.82, 2.24) is 4.98 Å². The van der Waals surface area contributed by atoms with Crippen LogP contribution in [0, 0.1) is 28.4 Å². The zero-order valence-corrected chi connectivity index (χ0v) is 8.98. The molecule has 1 aromatic rings. The molecule has 0 bridgehead atoms. The van der Waals surface area contributed by atoms with Crippen LogP contribution in [0.15, 0.2) is 6.07 Å². The topological polar surface area (TPSA) is 89.0 Å². The molecule has 0 saturated carbocycles. The summed E-state index contributed by atoms with van der Waals surface area (Å²) >= 11 is 0. The van der Waals surface area contributed by atoms with E-state index in [9.17, 15) is 23.3 Å². The molecule has 0 N–H and O–H groups in total. The van der Waals surface area contributed by atoms with E-state index in [1.54, 1.807) is 6.07 Å². The lowest BCUT2D eigenvalue weighted by Gasteiger charge is -2.10. The fourth-order valence-corrected chi connectivity index (χ4v) is 1.30. The smallest absolute Gasteiger partial charge is 0.381 e. The Morgan fingerprint density at radius 3 is 2.67 bits per heavy atom. The number of rotatable bonds is 3. The highest BCUT2D eigenvalue weighted by Gasteiger charge is 2.36. The summed E-state index contributed by atoms with van der Waals surface area (Å²) in [5.74, 6) is -1.15. The highest BCUT2D eigenvalue weighted by atomic mass is 19.4. The molecule has 0 aliphatic heterocycles. The molecule has 0 fully saturated rings. The van der Waals surface area contributed by atoms with Gasteiger partial charge in [0.1, 0.15) is 0 Å². The fourth-order valence-electron chi connectivity index (χ4n) is 1.30. The average Bonchev–Trinajstić information content (AvgIpc) is 2.13. The Morgan fingerprint density at radius 1 is 1.61 bits per heavy atom. The molecule has 1 rings (SSSR count). The summed E-state index contributed by atoms with van der Waals surface area (Å²) < 4.78 is 39.8. The van der Waals surface area contributed by atoms with E-state index < -0.39 is 29.3 Å². The van der Waals surface area contributed by atoms with E-state index >= 15 is 0 Å². The van der Waals surface area contributed by atoms with Crippen molar-refractivity contribution >= 4 is 5.69 Å². The minimum atomic E-state index is -5.09. The third-order valence-corrected chi connectivity index (χ3v) is 1.83. The first kappa shape index (κ1) is 13.7. The molecule has 96 valence electrons. The van der Waals surface area contributed by atoms with E-state index in [-0.39, 0.29) is 11.3 Å². The van der Waals surface area contributed by atoms with Gasteiger partial charge < -0.3 is 4.74 Å². The summed E-state index contributed by atoms with van der Waals surface area (Å²) in [6.45, 7) is 1.34. The minimum Gasteiger partial charge on any atom is -0.381 e. The van der Waals surface area contributed by atoms with Crippen LogP contribution in [-0.4, -0.2) is 16.3 Å². The third kappa shape index (κ3) is 3.31. The van der Waals surface area contributed by atoms with E-state index in [0.717, 1.165) is 0 Å². The summed E-state index contributed by atoms with van der Waals surface area (Å²) in [4.78, 5) is 13.0. The first-order chi connectivity index (χ1) is 8.24. The van der Waals surface area contributed by atoms with Crippen LogP contribution in [0.2, 0.25) is 0 Å². The van der Waals surface area contributed by atoms with Crippen molar-refractivity contribution in [3.05, 3.63) is 27.4 Å². The second kappa shape index (κ2) is 4.87. The number of nitriles is 1. The highest BCUT2D eigenvalue weighted by Crippen LogP contribution is 2.33. The number of halogens is 3. The predicted molar refractivity (Wildman–Crippen MR) is 51.6 cm³/mol. The van der Waals surface area contributed by atoms with Crippen molar-refractivity contribution in [3.63, 3.8) is 0 Å². The van der Waals surface area contributed by atoms with Crippen LogP contribution in [0.1, 0.15) is 11.3 Å². The maximum absolute atomic E-state index is 12.1. The summed E-state index contributed by atoms with van der Waals surface area (Å²) in [5, 5.41) is 19.2. The first-order valence-corrected chi connectivity index (χ1v) is 4.52. The van der Waals surface area contributed by atoms with E-state index in [2.05, 4.69) is 9.72 Å². The summed E-state index contributed by atoms with van der Waals surface area (Å²) in [5.41, 5.74) is -1.03. The molecule has 0 radical (unpaired) electrons. The summed E-state index contributed by atoms with van der Waals surface area (Å²) in [7, 11) is 0. The Morgan fingerprint density at radius 2 is 2.22 bits per heavy atom. The lowest BCUT2D eigenvalue weighted by Crippen LogP contribution is -2.19. The Labute approximate surface area is 98.8 Å². The first-order valence-electron chi connectivity index (χ1n) is 4.52. The van der Waals surface area contributed by atoms with Crippen molar-refractivity contribution in [2.75, 3.05) is 0 Å². The molecule has 9 heteroatoms. The van der Waals surface area contributed by atoms with Crippen LogP contribution in [0.5, 0.6) is 5.88 Å². The maximum atomic E-state index is 12.1. The van der Waals surface area contributed by atoms with Gasteiger partial charge in [0, 0.05) is 5.69 Å². The number of hydrogen-bond acceptors (Lipinski definition) is 5. The second-order valence-corrected chi connectivity index (χ2v) is 3.22. The Bertz CT molecular complexity index is 522. The Balaban J connectivity index is 3.39. The molecule has 0 aliphatic carbocycles. The normalized spacial score (nSPS) is 10.8. The largest absolute Gasteiger partial charge is 0.574 e. The molecular weight excluding hydrogens is 255 g/mol. The molecule has 1 heterocycles. The fraction of sp³-hybridized carbons (Fsp3) is 0.333. The van der Waals surface area contributed by atoms with Crippen molar-refractivity contribution < 1.29 is 22.8 Å².